The first kappa shape index (κ1) is 29.0. The van der Waals surface area contributed by atoms with E-state index < -0.39 is 0 Å². The molecular weight excluding hydrogens is 669 g/mol. The van der Waals surface area contributed by atoms with Crippen LogP contribution in [0.1, 0.15) is 0 Å². The Hall–Kier alpha value is -6.64. The molecule has 0 atom stereocenters. The van der Waals surface area contributed by atoms with Gasteiger partial charge in [0.2, 0.25) is 5.95 Å². The largest absolute Gasteiger partial charge is 0.458 e. The number of fused-ring (bicyclic) bond motifs is 3. The Balaban J connectivity index is 1.08. The van der Waals surface area contributed by atoms with E-state index in [1.54, 1.807) is 0 Å². The highest BCUT2D eigenvalue weighted by molar-refractivity contribution is 8.00. The summed E-state index contributed by atoms with van der Waals surface area (Å²) < 4.78 is 9.35. The molecule has 7 aromatic carbocycles. The molecule has 0 fully saturated rings. The van der Waals surface area contributed by atoms with Gasteiger partial charge in [0.1, 0.15) is 11.5 Å². The van der Waals surface area contributed by atoms with Crippen LogP contribution in [0.5, 0.6) is 11.5 Å². The van der Waals surface area contributed by atoms with Crippen LogP contribution in [-0.4, -0.2) is 26.2 Å². The molecule has 5 heterocycles. The summed E-state index contributed by atoms with van der Waals surface area (Å²) >= 11 is 1.81. The fraction of sp³-hybridized carbons (Fsp3) is 0. The summed E-state index contributed by atoms with van der Waals surface area (Å²) in [5, 5.41) is 2.48. The molecule has 53 heavy (non-hydrogen) atoms. The predicted octanol–water partition coefficient (Wildman–Crippen LogP) is 9.17. The quantitative estimate of drug-likeness (QED) is 0.171. The Labute approximate surface area is 309 Å². The third-order valence-electron chi connectivity index (χ3n) is 10.7. The smallest absolute Gasteiger partial charge is 0.259 e. The maximum atomic E-state index is 6.98. The summed E-state index contributed by atoms with van der Waals surface area (Å²) in [4.78, 5) is 20.0. The van der Waals surface area contributed by atoms with Gasteiger partial charge in [-0.15, -0.1) is 0 Å². The van der Waals surface area contributed by atoms with Crippen LogP contribution in [0.15, 0.2) is 168 Å². The maximum Gasteiger partial charge on any atom is 0.259 e. The minimum atomic E-state index is -0.000115. The van der Waals surface area contributed by atoms with Gasteiger partial charge in [-0.25, -0.2) is 4.98 Å². The van der Waals surface area contributed by atoms with Gasteiger partial charge in [0.25, 0.3) is 6.71 Å². The van der Waals surface area contributed by atoms with E-state index in [0.717, 1.165) is 45.2 Å². The van der Waals surface area contributed by atoms with Crippen molar-refractivity contribution >= 4 is 74.0 Å². The fourth-order valence-corrected chi connectivity index (χ4v) is 9.72. The number of anilines is 3. The van der Waals surface area contributed by atoms with Gasteiger partial charge in [-0.05, 0) is 58.9 Å². The molecule has 0 spiro atoms. The van der Waals surface area contributed by atoms with Crippen molar-refractivity contribution in [2.24, 2.45) is 0 Å². The number of para-hydroxylation sites is 2. The summed E-state index contributed by atoms with van der Waals surface area (Å²) in [6.45, 7) is -0.000115. The van der Waals surface area contributed by atoms with Gasteiger partial charge in [0.05, 0.1) is 16.7 Å². The predicted molar refractivity (Wildman–Crippen MR) is 215 cm³/mol. The molecule has 0 N–H and O–H groups in total. The number of benzene rings is 7. The summed E-state index contributed by atoms with van der Waals surface area (Å²) in [7, 11) is 0. The Kier molecular flexibility index (Phi) is 5.98. The summed E-state index contributed by atoms with van der Waals surface area (Å²) in [6, 6.07) is 55.1. The molecule has 3 aliphatic rings. The zero-order chi connectivity index (χ0) is 34.6. The highest BCUT2D eigenvalue weighted by Crippen LogP contribution is 2.47. The van der Waals surface area contributed by atoms with E-state index in [-0.39, 0.29) is 6.71 Å². The zero-order valence-corrected chi connectivity index (χ0v) is 29.0. The molecule has 0 bridgehead atoms. The van der Waals surface area contributed by atoms with Gasteiger partial charge in [0.15, 0.2) is 11.6 Å². The number of aromatic nitrogens is 4. The van der Waals surface area contributed by atoms with Crippen molar-refractivity contribution in [3.8, 4) is 40.0 Å². The Morgan fingerprint density at radius 1 is 0.491 bits per heavy atom. The number of hydrogen-bond donors (Lipinski definition) is 0. The molecule has 0 amide bonds. The van der Waals surface area contributed by atoms with Gasteiger partial charge >= 0.3 is 0 Å². The normalized spacial score (nSPS) is 13.3. The molecular formula is C45H26BN5OS. The molecule has 6 nitrogen and oxygen atoms in total. The first-order chi connectivity index (χ1) is 26.3. The van der Waals surface area contributed by atoms with Gasteiger partial charge in [-0.1, -0.05) is 121 Å². The molecule has 246 valence electrons. The second-order valence-electron chi connectivity index (χ2n) is 13.6. The maximum absolute atomic E-state index is 6.98. The lowest BCUT2D eigenvalue weighted by atomic mass is 9.34. The third kappa shape index (κ3) is 4.15. The molecule has 0 radical (unpaired) electrons. The fourth-order valence-electron chi connectivity index (χ4n) is 8.50. The molecule has 12 rings (SSSR count). The molecule has 3 aliphatic heterocycles. The molecule has 0 aliphatic carbocycles. The van der Waals surface area contributed by atoms with Gasteiger partial charge in [-0.2, -0.15) is 9.97 Å². The van der Waals surface area contributed by atoms with Gasteiger partial charge in [-0.3, -0.25) is 4.90 Å². The van der Waals surface area contributed by atoms with Crippen LogP contribution in [-0.2, 0) is 0 Å². The van der Waals surface area contributed by atoms with E-state index >= 15 is 0 Å². The summed E-state index contributed by atoms with van der Waals surface area (Å²) in [6.07, 6.45) is 0. The molecule has 9 aromatic rings. The standard InChI is InChI=1S/C45H26BN5OS/c1-3-13-27(14-4-1)43-47-44(28-15-5-2-6-16-28)49-45(48-43)51-34-21-11-23-36-40(34)46-41-35(51)22-12-24-38(41)53-39-26-29(25-37(52-36)42(39)46)50-32-19-9-7-17-30(32)31-18-8-10-20-33(31)50/h1-26H. The van der Waals surface area contributed by atoms with E-state index in [1.807, 2.05) is 72.4 Å². The second kappa shape index (κ2) is 10.9. The van der Waals surface area contributed by atoms with E-state index in [9.17, 15) is 0 Å². The summed E-state index contributed by atoms with van der Waals surface area (Å²) in [5.74, 6) is 3.57. The van der Waals surface area contributed by atoms with Crippen LogP contribution in [0.3, 0.4) is 0 Å². The first-order valence-electron chi connectivity index (χ1n) is 17.7. The van der Waals surface area contributed by atoms with E-state index in [2.05, 4.69) is 107 Å². The average Bonchev–Trinajstić information content (AvgIpc) is 3.56. The summed E-state index contributed by atoms with van der Waals surface area (Å²) in [5.41, 5.74) is 11.0. The molecule has 0 unspecified atom stereocenters. The van der Waals surface area contributed by atoms with E-state index in [4.69, 9.17) is 19.7 Å². The van der Waals surface area contributed by atoms with Crippen molar-refractivity contribution in [2.75, 3.05) is 4.90 Å². The van der Waals surface area contributed by atoms with Gasteiger partial charge < -0.3 is 9.30 Å². The van der Waals surface area contributed by atoms with Crippen LogP contribution in [0.25, 0.3) is 50.3 Å². The van der Waals surface area contributed by atoms with Crippen molar-refractivity contribution < 1.29 is 4.74 Å². The number of nitrogens with zero attached hydrogens (tertiary/aromatic N) is 5. The monoisotopic (exact) mass is 695 g/mol. The Morgan fingerprint density at radius 2 is 1.09 bits per heavy atom. The van der Waals surface area contributed by atoms with Crippen LogP contribution in [0, 0.1) is 0 Å². The lowest BCUT2D eigenvalue weighted by molar-refractivity contribution is 0.486. The Morgan fingerprint density at radius 3 is 1.77 bits per heavy atom. The highest BCUT2D eigenvalue weighted by Gasteiger charge is 2.47. The van der Waals surface area contributed by atoms with Crippen molar-refractivity contribution in [3.05, 3.63) is 158 Å². The van der Waals surface area contributed by atoms with Crippen molar-refractivity contribution in [3.63, 3.8) is 0 Å². The van der Waals surface area contributed by atoms with Crippen molar-refractivity contribution in [1.82, 2.24) is 19.5 Å². The van der Waals surface area contributed by atoms with Gasteiger partial charge in [0, 0.05) is 49.1 Å². The third-order valence-corrected chi connectivity index (χ3v) is 11.8. The molecule has 8 heteroatoms. The minimum Gasteiger partial charge on any atom is -0.458 e. The zero-order valence-electron chi connectivity index (χ0n) is 28.1. The van der Waals surface area contributed by atoms with E-state index in [0.29, 0.717) is 17.6 Å². The molecule has 2 aromatic heterocycles. The minimum absolute atomic E-state index is 0.000115. The van der Waals surface area contributed by atoms with E-state index in [1.165, 1.54) is 42.5 Å². The van der Waals surface area contributed by atoms with Crippen LogP contribution in [0.2, 0.25) is 0 Å². The topological polar surface area (TPSA) is 56.1 Å². The highest BCUT2D eigenvalue weighted by atomic mass is 32.2. The Bertz CT molecular complexity index is 2790. The SMILES string of the molecule is c1ccc(-c2nc(-c3ccccc3)nc(N3c4cccc5c4B4c6c(cc(-n7c8ccccc8c8ccccc87)cc6Sc6cccc3c64)O5)n2)cc1. The molecule has 0 saturated carbocycles. The van der Waals surface area contributed by atoms with Crippen molar-refractivity contribution in [1.29, 1.82) is 0 Å². The second-order valence-corrected chi connectivity index (χ2v) is 14.7. The first-order valence-corrected chi connectivity index (χ1v) is 18.6. The number of rotatable bonds is 4. The van der Waals surface area contributed by atoms with Crippen LogP contribution in [0.4, 0.5) is 17.3 Å². The molecule has 0 saturated heterocycles. The number of ether oxygens (including phenoxy) is 1. The lowest BCUT2D eigenvalue weighted by Crippen LogP contribution is -2.62. The van der Waals surface area contributed by atoms with Crippen molar-refractivity contribution in [2.45, 2.75) is 9.79 Å². The van der Waals surface area contributed by atoms with Crippen LogP contribution < -0.4 is 26.0 Å². The number of hydrogen-bond acceptors (Lipinski definition) is 6. The lowest BCUT2D eigenvalue weighted by Gasteiger charge is -2.42. The average molecular weight is 696 g/mol. The van der Waals surface area contributed by atoms with Crippen LogP contribution >= 0.6 is 11.8 Å².